The normalized spacial score (nSPS) is 12.1. The van der Waals surface area contributed by atoms with Gasteiger partial charge in [0.1, 0.15) is 11.5 Å². The number of aryl methyl sites for hydroxylation is 2. The molecule has 0 saturated carbocycles. The van der Waals surface area contributed by atoms with Crippen molar-refractivity contribution in [2.75, 3.05) is 14.2 Å². The lowest BCUT2D eigenvalue weighted by molar-refractivity contribution is -0.136. The van der Waals surface area contributed by atoms with Crippen molar-refractivity contribution in [1.29, 1.82) is 0 Å². The maximum absolute atomic E-state index is 11.5. The van der Waals surface area contributed by atoms with E-state index in [1.54, 1.807) is 32.4 Å². The molecule has 0 saturated heterocycles. The Labute approximate surface area is 269 Å². The van der Waals surface area contributed by atoms with E-state index in [4.69, 9.17) is 14.2 Å². The largest absolute Gasteiger partial charge is 0.504 e. The van der Waals surface area contributed by atoms with Crippen LogP contribution in [-0.4, -0.2) is 30.4 Å². The lowest BCUT2D eigenvalue weighted by atomic mass is 9.80. The molecule has 1 unspecified atom stereocenters. The highest BCUT2D eigenvalue weighted by molar-refractivity contribution is 9.11. The van der Waals surface area contributed by atoms with Crippen molar-refractivity contribution in [1.82, 2.24) is 0 Å². The van der Waals surface area contributed by atoms with Gasteiger partial charge in [-0.05, 0) is 98.1 Å². The molecule has 43 heavy (non-hydrogen) atoms. The van der Waals surface area contributed by atoms with Crippen molar-refractivity contribution in [3.05, 3.63) is 109 Å². The van der Waals surface area contributed by atoms with E-state index in [0.717, 1.165) is 27.8 Å². The summed E-state index contributed by atoms with van der Waals surface area (Å²) in [4.78, 5) is 11.4. The molecule has 226 valence electrons. The zero-order valence-corrected chi connectivity index (χ0v) is 28.5. The van der Waals surface area contributed by atoms with Gasteiger partial charge in [-0.25, -0.2) is 0 Å². The molecule has 8 heteroatoms. The fourth-order valence-corrected chi connectivity index (χ4v) is 6.71. The minimum atomic E-state index is -0.922. The van der Waals surface area contributed by atoms with Gasteiger partial charge < -0.3 is 24.4 Å². The average Bonchev–Trinajstić information content (AvgIpc) is 2.92. The van der Waals surface area contributed by atoms with Crippen LogP contribution in [0, 0.1) is 13.8 Å². The average molecular weight is 712 g/mol. The van der Waals surface area contributed by atoms with Gasteiger partial charge in [0, 0.05) is 22.6 Å². The standard InChI is InChI=1S/C35H36Br2O6/c1-19-9-8-10-22(11-19)32(24-12-20(2)13-30(42-7)33(24)40)23-17-29(41-6)25(35(3,4)5)18-28(23)43-34-26(36)14-21(15-27(34)37)16-31(38)39/h8-15,17-18,32,40H,16H2,1-7H3,(H,38,39). The number of benzene rings is 4. The summed E-state index contributed by atoms with van der Waals surface area (Å²) in [6, 6.07) is 19.4. The Morgan fingerprint density at radius 2 is 1.49 bits per heavy atom. The number of phenols is 1. The molecule has 0 spiro atoms. The number of aromatic hydroxyl groups is 1. The molecule has 0 heterocycles. The third-order valence-corrected chi connectivity index (χ3v) is 8.41. The van der Waals surface area contributed by atoms with Crippen LogP contribution in [-0.2, 0) is 16.6 Å². The minimum absolute atomic E-state index is 0.0461. The summed E-state index contributed by atoms with van der Waals surface area (Å²) in [6.07, 6.45) is -0.122. The van der Waals surface area contributed by atoms with E-state index in [0.29, 0.717) is 43.1 Å². The number of ether oxygens (including phenoxy) is 3. The van der Waals surface area contributed by atoms with Gasteiger partial charge >= 0.3 is 5.97 Å². The molecule has 6 nitrogen and oxygen atoms in total. The molecule has 2 N–H and O–H groups in total. The molecule has 0 bridgehead atoms. The second kappa shape index (κ2) is 13.0. The molecule has 0 aliphatic carbocycles. The molecule has 0 radical (unpaired) electrons. The Morgan fingerprint density at radius 3 is 2.05 bits per heavy atom. The Kier molecular flexibility index (Phi) is 9.82. The number of carboxylic acids is 1. The van der Waals surface area contributed by atoms with Gasteiger partial charge in [-0.3, -0.25) is 4.79 Å². The van der Waals surface area contributed by atoms with Gasteiger partial charge in [-0.2, -0.15) is 0 Å². The summed E-state index contributed by atoms with van der Waals surface area (Å²) in [7, 11) is 3.19. The molecule has 1 atom stereocenters. The highest BCUT2D eigenvalue weighted by atomic mass is 79.9. The molecule has 0 aromatic heterocycles. The molecule has 0 aliphatic rings. The first kappa shape index (κ1) is 32.4. The van der Waals surface area contributed by atoms with E-state index in [9.17, 15) is 15.0 Å². The van der Waals surface area contributed by atoms with Gasteiger partial charge in [0.25, 0.3) is 0 Å². The number of rotatable bonds is 9. The number of phenolic OH excluding ortho intramolecular Hbond substituents is 1. The summed E-state index contributed by atoms with van der Waals surface area (Å²) >= 11 is 7.21. The van der Waals surface area contributed by atoms with Crippen molar-refractivity contribution >= 4 is 37.8 Å². The van der Waals surface area contributed by atoms with Crippen LogP contribution in [0.3, 0.4) is 0 Å². The van der Waals surface area contributed by atoms with Gasteiger partial charge in [0.2, 0.25) is 0 Å². The summed E-state index contributed by atoms with van der Waals surface area (Å²) in [5.41, 5.74) is 5.67. The van der Waals surface area contributed by atoms with E-state index in [-0.39, 0.29) is 17.6 Å². The highest BCUT2D eigenvalue weighted by Crippen LogP contribution is 2.49. The Morgan fingerprint density at radius 1 is 0.837 bits per heavy atom. The zero-order valence-electron chi connectivity index (χ0n) is 25.3. The first-order valence-electron chi connectivity index (χ1n) is 13.8. The molecular formula is C35H36Br2O6. The first-order valence-corrected chi connectivity index (χ1v) is 15.4. The molecule has 0 amide bonds. The molecule has 4 rings (SSSR count). The molecule has 4 aromatic carbocycles. The summed E-state index contributed by atoms with van der Waals surface area (Å²) in [5.74, 6) is 0.794. The fraction of sp³-hybridized carbons (Fsp3) is 0.286. The number of hydrogen-bond acceptors (Lipinski definition) is 5. The highest BCUT2D eigenvalue weighted by Gasteiger charge is 2.30. The number of aliphatic carboxylic acids is 1. The first-order chi connectivity index (χ1) is 20.2. The maximum Gasteiger partial charge on any atom is 0.307 e. The summed E-state index contributed by atoms with van der Waals surface area (Å²) < 4.78 is 19.4. The molecule has 0 fully saturated rings. The second-order valence-electron chi connectivity index (χ2n) is 11.7. The van der Waals surface area contributed by atoms with Crippen LogP contribution in [0.25, 0.3) is 0 Å². The zero-order chi connectivity index (χ0) is 31.6. The number of methoxy groups -OCH3 is 2. The lowest BCUT2D eigenvalue weighted by Crippen LogP contribution is -2.15. The van der Waals surface area contributed by atoms with Crippen LogP contribution in [0.1, 0.15) is 65.6 Å². The summed E-state index contributed by atoms with van der Waals surface area (Å²) in [6.45, 7) is 10.3. The van der Waals surface area contributed by atoms with E-state index < -0.39 is 11.9 Å². The number of halogens is 2. The van der Waals surface area contributed by atoms with Gasteiger partial charge in [0.15, 0.2) is 17.2 Å². The van der Waals surface area contributed by atoms with Crippen molar-refractivity contribution in [3.63, 3.8) is 0 Å². The third-order valence-electron chi connectivity index (χ3n) is 7.23. The van der Waals surface area contributed by atoms with Crippen molar-refractivity contribution < 1.29 is 29.2 Å². The maximum atomic E-state index is 11.5. The van der Waals surface area contributed by atoms with Crippen molar-refractivity contribution in [2.24, 2.45) is 0 Å². The predicted octanol–water partition coefficient (Wildman–Crippen LogP) is 9.45. The number of carboxylic acid groups (broad SMARTS) is 1. The Bertz CT molecular complexity index is 1650. The van der Waals surface area contributed by atoms with Crippen LogP contribution in [0.2, 0.25) is 0 Å². The number of hydrogen-bond donors (Lipinski definition) is 2. The van der Waals surface area contributed by atoms with E-state index >= 15 is 0 Å². The topological polar surface area (TPSA) is 85.2 Å². The lowest BCUT2D eigenvalue weighted by Gasteiger charge is -2.28. The SMILES string of the molecule is COc1cc(C(c2cccc(C)c2)c2cc(C)cc(OC)c2O)c(Oc2c(Br)cc(CC(=O)O)cc2Br)cc1C(C)(C)C. The fourth-order valence-electron chi connectivity index (χ4n) is 5.27. The second-order valence-corrected chi connectivity index (χ2v) is 13.4. The Hall–Kier alpha value is -3.49. The van der Waals surface area contributed by atoms with Crippen LogP contribution < -0.4 is 14.2 Å². The predicted molar refractivity (Wildman–Crippen MR) is 176 cm³/mol. The molecule has 4 aromatic rings. The van der Waals surface area contributed by atoms with Crippen molar-refractivity contribution in [2.45, 2.75) is 52.4 Å². The minimum Gasteiger partial charge on any atom is -0.504 e. The smallest absolute Gasteiger partial charge is 0.307 e. The third kappa shape index (κ3) is 7.19. The van der Waals surface area contributed by atoms with E-state index in [1.807, 2.05) is 50.2 Å². The van der Waals surface area contributed by atoms with Crippen LogP contribution in [0.5, 0.6) is 28.7 Å². The van der Waals surface area contributed by atoms with E-state index in [2.05, 4.69) is 58.7 Å². The van der Waals surface area contributed by atoms with Gasteiger partial charge in [-0.1, -0.05) is 56.7 Å². The monoisotopic (exact) mass is 710 g/mol. The van der Waals surface area contributed by atoms with Crippen LogP contribution in [0.4, 0.5) is 0 Å². The quantitative estimate of drug-likeness (QED) is 0.168. The van der Waals surface area contributed by atoms with Crippen molar-refractivity contribution in [3.8, 4) is 28.7 Å². The van der Waals surface area contributed by atoms with Gasteiger partial charge in [-0.15, -0.1) is 0 Å². The van der Waals surface area contributed by atoms with Crippen LogP contribution >= 0.6 is 31.9 Å². The van der Waals surface area contributed by atoms with Gasteiger partial charge in [0.05, 0.1) is 29.6 Å². The van der Waals surface area contributed by atoms with Crippen LogP contribution in [0.15, 0.2) is 69.6 Å². The van der Waals surface area contributed by atoms with E-state index in [1.165, 1.54) is 0 Å². The molecular weight excluding hydrogens is 676 g/mol. The molecule has 0 aliphatic heterocycles. The number of carbonyl (C=O) groups is 1. The summed E-state index contributed by atoms with van der Waals surface area (Å²) in [5, 5.41) is 20.8. The Balaban J connectivity index is 2.06.